The molecule has 4 rings (SSSR count). The average molecular weight is 490 g/mol. The molecule has 0 aromatic heterocycles. The molecular weight excluding hydrogens is 458 g/mol. The first kappa shape index (κ1) is 25.9. The summed E-state index contributed by atoms with van der Waals surface area (Å²) in [5.74, 6) is 0. The van der Waals surface area contributed by atoms with Gasteiger partial charge in [0.15, 0.2) is 0 Å². The lowest BCUT2D eigenvalue weighted by atomic mass is 9.93. The Bertz CT molecular complexity index is 1080. The molecule has 1 saturated heterocycles. The molecule has 0 aliphatic carbocycles. The van der Waals surface area contributed by atoms with Crippen molar-refractivity contribution in [3.05, 3.63) is 118 Å². The Morgan fingerprint density at radius 2 is 1.22 bits per heavy atom. The van der Waals surface area contributed by atoms with Crippen molar-refractivity contribution in [2.24, 2.45) is 5.11 Å². The van der Waals surface area contributed by atoms with Crippen LogP contribution in [0.5, 0.6) is 0 Å². The van der Waals surface area contributed by atoms with Gasteiger partial charge in [-0.3, -0.25) is 0 Å². The van der Waals surface area contributed by atoms with Gasteiger partial charge in [-0.25, -0.2) is 0 Å². The molecule has 1 N–H and O–H groups in total. The first-order valence-electron chi connectivity index (χ1n) is 12.0. The van der Waals surface area contributed by atoms with Gasteiger partial charge >= 0.3 is 0 Å². The summed E-state index contributed by atoms with van der Waals surface area (Å²) < 4.78 is 24.9. The molecule has 0 bridgehead atoms. The van der Waals surface area contributed by atoms with Crippen LogP contribution in [0.1, 0.15) is 16.7 Å². The minimum Gasteiger partial charge on any atom is -0.394 e. The molecule has 1 aliphatic heterocycles. The highest BCUT2D eigenvalue weighted by molar-refractivity contribution is 5.15. The molecule has 1 heterocycles. The van der Waals surface area contributed by atoms with Crippen LogP contribution in [-0.4, -0.2) is 48.8 Å². The van der Waals surface area contributed by atoms with E-state index in [4.69, 9.17) is 18.9 Å². The molecule has 0 amide bonds. The van der Waals surface area contributed by atoms with Gasteiger partial charge in [0.05, 0.1) is 51.3 Å². The third kappa shape index (κ3) is 7.15. The van der Waals surface area contributed by atoms with Gasteiger partial charge in [0.1, 0.15) is 12.2 Å². The Kier molecular flexibility index (Phi) is 9.87. The van der Waals surface area contributed by atoms with Crippen molar-refractivity contribution in [3.63, 3.8) is 0 Å². The minimum atomic E-state index is -0.769. The third-order valence-corrected chi connectivity index (χ3v) is 6.09. The predicted molar refractivity (Wildman–Crippen MR) is 135 cm³/mol. The van der Waals surface area contributed by atoms with Gasteiger partial charge in [0, 0.05) is 4.91 Å². The van der Waals surface area contributed by atoms with Crippen molar-refractivity contribution in [3.8, 4) is 0 Å². The van der Waals surface area contributed by atoms with Gasteiger partial charge in [-0.1, -0.05) is 96.1 Å². The molecule has 0 saturated carbocycles. The lowest BCUT2D eigenvalue weighted by Crippen LogP contribution is -2.60. The zero-order chi connectivity index (χ0) is 25.0. The number of benzene rings is 3. The van der Waals surface area contributed by atoms with E-state index in [1.807, 2.05) is 91.0 Å². The van der Waals surface area contributed by atoms with Gasteiger partial charge in [0.2, 0.25) is 0 Å². The summed E-state index contributed by atoms with van der Waals surface area (Å²) in [6, 6.07) is 28.6. The second kappa shape index (κ2) is 13.8. The predicted octanol–water partition coefficient (Wildman–Crippen LogP) is 4.81. The van der Waals surface area contributed by atoms with Crippen LogP contribution in [0.25, 0.3) is 10.4 Å². The fourth-order valence-corrected chi connectivity index (χ4v) is 4.28. The Morgan fingerprint density at radius 3 is 1.72 bits per heavy atom. The van der Waals surface area contributed by atoms with E-state index in [0.717, 1.165) is 16.7 Å². The maximum absolute atomic E-state index is 10.1. The average Bonchev–Trinajstić information content (AvgIpc) is 2.93. The lowest BCUT2D eigenvalue weighted by Gasteiger charge is -2.44. The lowest BCUT2D eigenvalue weighted by molar-refractivity contribution is -0.233. The second-order valence-electron chi connectivity index (χ2n) is 8.61. The summed E-state index contributed by atoms with van der Waals surface area (Å²) >= 11 is 0. The van der Waals surface area contributed by atoms with Crippen LogP contribution in [0.4, 0.5) is 0 Å². The number of hydrogen-bond acceptors (Lipinski definition) is 6. The third-order valence-electron chi connectivity index (χ3n) is 6.09. The molecular formula is C28H31N3O5. The van der Waals surface area contributed by atoms with Crippen LogP contribution >= 0.6 is 0 Å². The van der Waals surface area contributed by atoms with Gasteiger partial charge in [-0.05, 0) is 22.2 Å². The van der Waals surface area contributed by atoms with Gasteiger partial charge in [0.25, 0.3) is 0 Å². The van der Waals surface area contributed by atoms with Crippen LogP contribution in [0.15, 0.2) is 96.1 Å². The maximum Gasteiger partial charge on any atom is 0.113 e. The molecule has 8 nitrogen and oxygen atoms in total. The fraction of sp³-hybridized carbons (Fsp3) is 0.357. The summed E-state index contributed by atoms with van der Waals surface area (Å²) in [5, 5.41) is 14.0. The number of ether oxygens (including phenoxy) is 4. The Labute approximate surface area is 211 Å². The molecule has 8 heteroatoms. The monoisotopic (exact) mass is 489 g/mol. The Morgan fingerprint density at radius 1 is 0.722 bits per heavy atom. The quantitative estimate of drug-likeness (QED) is 0.223. The topological polar surface area (TPSA) is 106 Å². The molecule has 5 atom stereocenters. The van der Waals surface area contributed by atoms with Crippen molar-refractivity contribution in [1.82, 2.24) is 0 Å². The van der Waals surface area contributed by atoms with Crippen molar-refractivity contribution in [2.45, 2.75) is 50.3 Å². The summed E-state index contributed by atoms with van der Waals surface area (Å²) in [7, 11) is 0. The largest absolute Gasteiger partial charge is 0.394 e. The maximum atomic E-state index is 10.1. The van der Waals surface area contributed by atoms with Crippen molar-refractivity contribution in [1.29, 1.82) is 0 Å². The van der Waals surface area contributed by atoms with Crippen molar-refractivity contribution in [2.75, 3.05) is 13.2 Å². The number of nitrogens with zero attached hydrogens (tertiary/aromatic N) is 3. The Balaban J connectivity index is 1.55. The number of hydrogen-bond donors (Lipinski definition) is 1. The molecule has 3 aromatic rings. The van der Waals surface area contributed by atoms with E-state index in [-0.39, 0.29) is 13.2 Å². The number of rotatable bonds is 12. The molecule has 3 aromatic carbocycles. The zero-order valence-corrected chi connectivity index (χ0v) is 20.0. The van der Waals surface area contributed by atoms with Crippen LogP contribution in [0.2, 0.25) is 0 Å². The van der Waals surface area contributed by atoms with Gasteiger partial charge < -0.3 is 24.1 Å². The highest BCUT2D eigenvalue weighted by Crippen LogP contribution is 2.30. The molecule has 1 aliphatic rings. The molecule has 36 heavy (non-hydrogen) atoms. The van der Waals surface area contributed by atoms with E-state index in [9.17, 15) is 10.6 Å². The van der Waals surface area contributed by atoms with Crippen LogP contribution < -0.4 is 0 Å². The van der Waals surface area contributed by atoms with E-state index in [1.54, 1.807) is 0 Å². The summed E-state index contributed by atoms with van der Waals surface area (Å²) in [5.41, 5.74) is 12.3. The van der Waals surface area contributed by atoms with E-state index in [1.165, 1.54) is 0 Å². The van der Waals surface area contributed by atoms with E-state index in [2.05, 4.69) is 10.0 Å². The summed E-state index contributed by atoms with van der Waals surface area (Å²) in [6.45, 7) is 0.922. The van der Waals surface area contributed by atoms with E-state index < -0.39 is 30.5 Å². The first-order chi connectivity index (χ1) is 17.8. The second-order valence-corrected chi connectivity index (χ2v) is 8.61. The van der Waals surface area contributed by atoms with Crippen molar-refractivity contribution >= 4 is 0 Å². The molecule has 3 unspecified atom stereocenters. The molecule has 1 fully saturated rings. The first-order valence-corrected chi connectivity index (χ1v) is 12.0. The zero-order valence-electron chi connectivity index (χ0n) is 20.0. The molecule has 188 valence electrons. The highest BCUT2D eigenvalue weighted by Gasteiger charge is 2.47. The van der Waals surface area contributed by atoms with Crippen LogP contribution in [-0.2, 0) is 38.8 Å². The Hall–Kier alpha value is -3.23. The van der Waals surface area contributed by atoms with Gasteiger partial charge in [-0.15, -0.1) is 0 Å². The number of aliphatic hydroxyl groups excluding tert-OH is 1. The van der Waals surface area contributed by atoms with E-state index >= 15 is 0 Å². The fourth-order valence-electron chi connectivity index (χ4n) is 4.28. The van der Waals surface area contributed by atoms with Gasteiger partial charge in [-0.2, -0.15) is 0 Å². The minimum absolute atomic E-state index is 0.221. The number of aliphatic hydroxyl groups is 1. The standard InChI is InChI=1S/C28H31N3O5/c29-31-30-26-24(16-32)36-25(20-33-17-21-10-4-1-5-11-21)27(34-18-22-12-6-2-7-13-22)28(26)35-19-23-14-8-3-9-15-23/h1-15,24-28,32H,16-20H2/t24-,25?,26?,27-,28?/m1/s1. The summed E-state index contributed by atoms with van der Waals surface area (Å²) in [6.07, 6.45) is -2.53. The summed E-state index contributed by atoms with van der Waals surface area (Å²) in [4.78, 5) is 3.01. The highest BCUT2D eigenvalue weighted by atomic mass is 16.6. The van der Waals surface area contributed by atoms with E-state index in [0.29, 0.717) is 19.8 Å². The SMILES string of the molecule is [N-]=[N+]=NC1C(OCc2ccccc2)[C@H](OCc2ccccc2)C(COCc2ccccc2)O[C@@H]1CO. The molecule has 0 radical (unpaired) electrons. The van der Waals surface area contributed by atoms with Crippen LogP contribution in [0.3, 0.4) is 0 Å². The van der Waals surface area contributed by atoms with Crippen molar-refractivity contribution < 1.29 is 24.1 Å². The van der Waals surface area contributed by atoms with Crippen LogP contribution in [0, 0.1) is 0 Å². The smallest absolute Gasteiger partial charge is 0.113 e. The normalized spacial score (nSPS) is 23.6. The molecule has 0 spiro atoms. The number of azide groups is 1.